The van der Waals surface area contributed by atoms with Crippen LogP contribution in [0.3, 0.4) is 0 Å². The van der Waals surface area contributed by atoms with E-state index >= 15 is 0 Å². The van der Waals surface area contributed by atoms with Crippen LogP contribution in [-0.4, -0.2) is 32.2 Å². The Bertz CT molecular complexity index is 392. The van der Waals surface area contributed by atoms with Gasteiger partial charge in [-0.2, -0.15) is 0 Å². The minimum absolute atomic E-state index is 0.215. The molecule has 0 aliphatic carbocycles. The van der Waals surface area contributed by atoms with Crippen molar-refractivity contribution in [1.29, 1.82) is 0 Å². The summed E-state index contributed by atoms with van der Waals surface area (Å²) >= 11 is 5.70. The Morgan fingerprint density at radius 3 is 2.35 bits per heavy atom. The number of alkyl carbamates (subject to hydrolysis) is 1. The molecule has 2 amide bonds. The first-order valence-electron chi connectivity index (χ1n) is 4.99. The maximum absolute atomic E-state index is 11.6. The Morgan fingerprint density at radius 2 is 1.76 bits per heavy atom. The predicted molar refractivity (Wildman–Crippen MR) is 64.2 cm³/mol. The lowest BCUT2D eigenvalue weighted by Crippen LogP contribution is -2.34. The molecule has 1 rings (SSSR count). The molecule has 1 aromatic rings. The standard InChI is InChI=1S/C11H13ClN2O3/c1-17-11(16)14-7-6-13-10(15)8-2-4-9(12)5-3-8/h2-5H,6-7H2,1H3,(H,13,15)(H,14,16). The summed E-state index contributed by atoms with van der Waals surface area (Å²) in [5.74, 6) is -0.215. The molecule has 0 aliphatic heterocycles. The van der Waals surface area contributed by atoms with Crippen LogP contribution in [0.1, 0.15) is 10.4 Å². The fourth-order valence-corrected chi connectivity index (χ4v) is 1.24. The van der Waals surface area contributed by atoms with Crippen molar-refractivity contribution in [3.8, 4) is 0 Å². The molecule has 0 saturated heterocycles. The highest BCUT2D eigenvalue weighted by molar-refractivity contribution is 6.30. The second-order valence-corrected chi connectivity index (χ2v) is 3.62. The van der Waals surface area contributed by atoms with Gasteiger partial charge in [0.2, 0.25) is 0 Å². The first kappa shape index (κ1) is 13.3. The first-order valence-corrected chi connectivity index (χ1v) is 5.37. The Morgan fingerprint density at radius 1 is 1.18 bits per heavy atom. The molecule has 0 aromatic heterocycles. The van der Waals surface area contributed by atoms with Crippen molar-refractivity contribution >= 4 is 23.6 Å². The van der Waals surface area contributed by atoms with E-state index in [2.05, 4.69) is 15.4 Å². The maximum atomic E-state index is 11.6. The van der Waals surface area contributed by atoms with Gasteiger partial charge in [0.05, 0.1) is 7.11 Å². The zero-order valence-electron chi connectivity index (χ0n) is 9.33. The van der Waals surface area contributed by atoms with Crippen molar-refractivity contribution in [3.05, 3.63) is 34.9 Å². The SMILES string of the molecule is COC(=O)NCCNC(=O)c1ccc(Cl)cc1. The number of amides is 2. The van der Waals surface area contributed by atoms with Crippen molar-refractivity contribution in [1.82, 2.24) is 10.6 Å². The maximum Gasteiger partial charge on any atom is 0.406 e. The van der Waals surface area contributed by atoms with Crippen LogP contribution in [0.2, 0.25) is 5.02 Å². The van der Waals surface area contributed by atoms with Gasteiger partial charge in [-0.25, -0.2) is 4.79 Å². The fourth-order valence-electron chi connectivity index (χ4n) is 1.12. The summed E-state index contributed by atoms with van der Waals surface area (Å²) in [5.41, 5.74) is 0.521. The fraction of sp³-hybridized carbons (Fsp3) is 0.273. The van der Waals surface area contributed by atoms with Gasteiger partial charge in [0.25, 0.3) is 5.91 Å². The van der Waals surface area contributed by atoms with Crippen molar-refractivity contribution in [3.63, 3.8) is 0 Å². The van der Waals surface area contributed by atoms with Gasteiger partial charge in [-0.1, -0.05) is 11.6 Å². The lowest BCUT2D eigenvalue weighted by atomic mass is 10.2. The van der Waals surface area contributed by atoms with Gasteiger partial charge in [0.15, 0.2) is 0 Å². The van der Waals surface area contributed by atoms with Crippen LogP contribution >= 0.6 is 11.6 Å². The molecule has 1 aromatic carbocycles. The lowest BCUT2D eigenvalue weighted by Gasteiger charge is -2.06. The quantitative estimate of drug-likeness (QED) is 0.801. The number of benzene rings is 1. The molecular weight excluding hydrogens is 244 g/mol. The zero-order chi connectivity index (χ0) is 12.7. The number of hydrogen-bond acceptors (Lipinski definition) is 3. The van der Waals surface area contributed by atoms with Crippen molar-refractivity contribution in [2.45, 2.75) is 0 Å². The average Bonchev–Trinajstić information content (AvgIpc) is 2.34. The van der Waals surface area contributed by atoms with Crippen molar-refractivity contribution in [2.75, 3.05) is 20.2 Å². The summed E-state index contributed by atoms with van der Waals surface area (Å²) in [6, 6.07) is 6.54. The zero-order valence-corrected chi connectivity index (χ0v) is 10.1. The number of carbonyl (C=O) groups excluding carboxylic acids is 2. The number of methoxy groups -OCH3 is 1. The van der Waals surface area contributed by atoms with E-state index in [9.17, 15) is 9.59 Å². The Hall–Kier alpha value is -1.75. The minimum atomic E-state index is -0.522. The van der Waals surface area contributed by atoms with Gasteiger partial charge in [-0.15, -0.1) is 0 Å². The molecule has 0 radical (unpaired) electrons. The third kappa shape index (κ3) is 4.74. The van der Waals surface area contributed by atoms with Gasteiger partial charge in [-0.3, -0.25) is 4.79 Å². The van der Waals surface area contributed by atoms with E-state index in [1.807, 2.05) is 0 Å². The molecule has 0 saturated carbocycles. The van der Waals surface area contributed by atoms with E-state index in [-0.39, 0.29) is 5.91 Å². The predicted octanol–water partition coefficient (Wildman–Crippen LogP) is 1.43. The van der Waals surface area contributed by atoms with E-state index < -0.39 is 6.09 Å². The monoisotopic (exact) mass is 256 g/mol. The molecule has 0 heterocycles. The normalized spacial score (nSPS) is 9.53. The third-order valence-corrected chi connectivity index (χ3v) is 2.22. The van der Waals surface area contributed by atoms with E-state index in [0.29, 0.717) is 23.7 Å². The second-order valence-electron chi connectivity index (χ2n) is 3.18. The van der Waals surface area contributed by atoms with Gasteiger partial charge < -0.3 is 15.4 Å². The number of rotatable bonds is 4. The Labute approximate surface area is 104 Å². The molecule has 6 heteroatoms. The van der Waals surface area contributed by atoms with Crippen LogP contribution in [0.25, 0.3) is 0 Å². The van der Waals surface area contributed by atoms with E-state index in [0.717, 1.165) is 0 Å². The molecule has 17 heavy (non-hydrogen) atoms. The highest BCUT2D eigenvalue weighted by Crippen LogP contribution is 2.08. The van der Waals surface area contributed by atoms with Crippen LogP contribution in [0.15, 0.2) is 24.3 Å². The number of carbonyl (C=O) groups is 2. The molecule has 0 bridgehead atoms. The van der Waals surface area contributed by atoms with Crippen LogP contribution in [-0.2, 0) is 4.74 Å². The van der Waals surface area contributed by atoms with Gasteiger partial charge >= 0.3 is 6.09 Å². The summed E-state index contributed by atoms with van der Waals surface area (Å²) in [5, 5.41) is 5.67. The highest BCUT2D eigenvalue weighted by Gasteiger charge is 2.04. The Balaban J connectivity index is 2.30. The highest BCUT2D eigenvalue weighted by atomic mass is 35.5. The lowest BCUT2D eigenvalue weighted by molar-refractivity contribution is 0.0953. The van der Waals surface area contributed by atoms with E-state index in [4.69, 9.17) is 11.6 Å². The van der Waals surface area contributed by atoms with E-state index in [1.165, 1.54) is 7.11 Å². The molecule has 0 aliphatic rings. The number of halogens is 1. The van der Waals surface area contributed by atoms with Crippen LogP contribution < -0.4 is 10.6 Å². The molecule has 92 valence electrons. The topological polar surface area (TPSA) is 67.4 Å². The summed E-state index contributed by atoms with van der Waals surface area (Å²) < 4.78 is 4.38. The number of ether oxygens (including phenoxy) is 1. The number of nitrogens with one attached hydrogen (secondary N) is 2. The van der Waals surface area contributed by atoms with E-state index in [1.54, 1.807) is 24.3 Å². The van der Waals surface area contributed by atoms with Gasteiger partial charge in [-0.05, 0) is 24.3 Å². The van der Waals surface area contributed by atoms with Crippen molar-refractivity contribution < 1.29 is 14.3 Å². The van der Waals surface area contributed by atoms with Gasteiger partial charge in [0.1, 0.15) is 0 Å². The van der Waals surface area contributed by atoms with Crippen LogP contribution in [0.5, 0.6) is 0 Å². The largest absolute Gasteiger partial charge is 0.453 e. The molecule has 5 nitrogen and oxygen atoms in total. The second kappa shape index (κ2) is 6.75. The van der Waals surface area contributed by atoms with Crippen LogP contribution in [0.4, 0.5) is 4.79 Å². The molecule has 0 unspecified atom stereocenters. The Kier molecular flexibility index (Phi) is 5.29. The van der Waals surface area contributed by atoms with Crippen LogP contribution in [0, 0.1) is 0 Å². The number of hydrogen-bond donors (Lipinski definition) is 2. The van der Waals surface area contributed by atoms with Crippen molar-refractivity contribution in [2.24, 2.45) is 0 Å². The summed E-state index contributed by atoms with van der Waals surface area (Å²) in [7, 11) is 1.28. The summed E-state index contributed by atoms with van der Waals surface area (Å²) in [6.07, 6.45) is -0.522. The summed E-state index contributed by atoms with van der Waals surface area (Å²) in [4.78, 5) is 22.3. The average molecular weight is 257 g/mol. The molecule has 0 fully saturated rings. The van der Waals surface area contributed by atoms with Gasteiger partial charge in [0, 0.05) is 23.7 Å². The molecule has 0 atom stereocenters. The molecule has 0 spiro atoms. The molecular formula is C11H13ClN2O3. The minimum Gasteiger partial charge on any atom is -0.453 e. The molecule has 2 N–H and O–H groups in total. The smallest absolute Gasteiger partial charge is 0.406 e. The summed E-state index contributed by atoms with van der Waals surface area (Å²) in [6.45, 7) is 0.641. The first-order chi connectivity index (χ1) is 8.13. The third-order valence-electron chi connectivity index (χ3n) is 1.97.